The van der Waals surface area contributed by atoms with Crippen LogP contribution >= 0.6 is 0 Å². The summed E-state index contributed by atoms with van der Waals surface area (Å²) < 4.78 is 0. The van der Waals surface area contributed by atoms with E-state index in [4.69, 9.17) is 0 Å². The van der Waals surface area contributed by atoms with Crippen molar-refractivity contribution < 1.29 is 4.79 Å². The van der Waals surface area contributed by atoms with E-state index in [-0.39, 0.29) is 0 Å². The maximum atomic E-state index is 10.6. The van der Waals surface area contributed by atoms with Crippen LogP contribution in [0, 0.1) is 0 Å². The number of aliphatic imine (C=N–C) groups is 1. The van der Waals surface area contributed by atoms with Crippen molar-refractivity contribution in [1.29, 1.82) is 0 Å². The molecular formula is C14H9NO. The van der Waals surface area contributed by atoms with Gasteiger partial charge in [-0.05, 0) is 12.1 Å². The first-order valence-electron chi connectivity index (χ1n) is 4.89. The predicted octanol–water partition coefficient (Wildman–Crippen LogP) is 2.77. The lowest BCUT2D eigenvalue weighted by Gasteiger charge is -1.95. The number of para-hydroxylation sites is 1. The van der Waals surface area contributed by atoms with E-state index < -0.39 is 0 Å². The Bertz CT molecular complexity index is 503. The van der Waals surface area contributed by atoms with E-state index in [9.17, 15) is 4.79 Å². The second-order valence-corrected chi connectivity index (χ2v) is 3.21. The zero-order valence-corrected chi connectivity index (χ0v) is 8.55. The average molecular weight is 207 g/mol. The summed E-state index contributed by atoms with van der Waals surface area (Å²) in [4.78, 5) is 14.8. The number of benzene rings is 2. The summed E-state index contributed by atoms with van der Waals surface area (Å²) in [5.41, 5.74) is 1.94. The van der Waals surface area contributed by atoms with E-state index in [2.05, 4.69) is 11.2 Å². The number of rotatable bonds is 3. The minimum absolute atomic E-state index is 0.474. The molecule has 0 aliphatic rings. The Balaban J connectivity index is 2.27. The van der Waals surface area contributed by atoms with Crippen molar-refractivity contribution in [1.82, 2.24) is 0 Å². The van der Waals surface area contributed by atoms with Gasteiger partial charge in [0.2, 0.25) is 6.29 Å². The van der Waals surface area contributed by atoms with Crippen molar-refractivity contribution in [3.05, 3.63) is 65.7 Å². The normalized spacial score (nSPS) is 10.5. The minimum Gasteiger partial charge on any atom is -0.285 e. The number of hydrogen-bond acceptors (Lipinski definition) is 2. The molecule has 2 rings (SSSR count). The molecule has 0 fully saturated rings. The van der Waals surface area contributed by atoms with Crippen molar-refractivity contribution in [3.63, 3.8) is 0 Å². The summed E-state index contributed by atoms with van der Waals surface area (Å²) in [6.07, 6.45) is 4.70. The summed E-state index contributed by atoms with van der Waals surface area (Å²) in [6, 6.07) is 16.6. The Labute approximate surface area is 94.3 Å². The van der Waals surface area contributed by atoms with Gasteiger partial charge >= 0.3 is 0 Å². The van der Waals surface area contributed by atoms with Crippen molar-refractivity contribution in [3.8, 4) is 0 Å². The number of carbonyl (C=O) groups excluding carboxylic acids is 1. The lowest BCUT2D eigenvalue weighted by atomic mass is 10.1. The highest BCUT2D eigenvalue weighted by Gasteiger charge is 1.98. The average Bonchev–Trinajstić information content (AvgIpc) is 2.38. The molecule has 0 amide bonds. The molecule has 0 saturated heterocycles. The van der Waals surface area contributed by atoms with Crippen LogP contribution in [-0.4, -0.2) is 12.5 Å². The molecule has 0 saturated carbocycles. The molecule has 76 valence electrons. The molecule has 2 aromatic rings. The molecule has 16 heavy (non-hydrogen) atoms. The third kappa shape index (κ3) is 2.42. The monoisotopic (exact) mass is 207 g/mol. The van der Waals surface area contributed by atoms with E-state index >= 15 is 0 Å². The van der Waals surface area contributed by atoms with Gasteiger partial charge in [0, 0.05) is 11.1 Å². The van der Waals surface area contributed by atoms with Crippen LogP contribution in [-0.2, 0) is 4.79 Å². The van der Waals surface area contributed by atoms with Gasteiger partial charge < -0.3 is 0 Å². The molecule has 0 aromatic heterocycles. The van der Waals surface area contributed by atoms with Crippen molar-refractivity contribution in [2.45, 2.75) is 0 Å². The zero-order chi connectivity index (χ0) is 11.2. The van der Waals surface area contributed by atoms with Gasteiger partial charge in [0.25, 0.3) is 0 Å². The highest BCUT2D eigenvalue weighted by molar-refractivity contribution is 5.93. The van der Waals surface area contributed by atoms with Crippen LogP contribution in [0.1, 0.15) is 11.1 Å². The molecule has 0 unspecified atom stereocenters. The van der Waals surface area contributed by atoms with E-state index in [1.165, 1.54) is 0 Å². The fourth-order valence-corrected chi connectivity index (χ4v) is 1.30. The Morgan fingerprint density at radius 3 is 2.12 bits per heavy atom. The number of nitrogens with zero attached hydrogens (tertiary/aromatic N) is 1. The minimum atomic E-state index is 0.474. The van der Waals surface area contributed by atoms with Crippen LogP contribution in [0.5, 0.6) is 0 Å². The second-order valence-electron chi connectivity index (χ2n) is 3.21. The van der Waals surface area contributed by atoms with Gasteiger partial charge in [-0.25, -0.2) is 4.99 Å². The standard InChI is InChI=1S/C14H9NO/c16-11-13-7-5-4-6-12(13)10-15-14-8-2-1-3-9-14/h1-9H. The van der Waals surface area contributed by atoms with Crippen LogP contribution < -0.4 is 0 Å². The van der Waals surface area contributed by atoms with Gasteiger partial charge in [0.1, 0.15) is 0 Å². The molecule has 2 aromatic carbocycles. The maximum Gasteiger partial charge on any atom is 0.234 e. The topological polar surface area (TPSA) is 29.4 Å². The third-order valence-electron chi connectivity index (χ3n) is 2.10. The van der Waals surface area contributed by atoms with Gasteiger partial charge in [0.15, 0.2) is 0 Å². The van der Waals surface area contributed by atoms with Gasteiger partial charge in [-0.2, -0.15) is 0 Å². The van der Waals surface area contributed by atoms with Gasteiger partial charge in [0.05, 0.1) is 11.9 Å². The summed E-state index contributed by atoms with van der Waals surface area (Å²) >= 11 is 0. The Kier molecular flexibility index (Phi) is 3.24. The summed E-state index contributed by atoms with van der Waals surface area (Å²) in [5, 5.41) is 0. The van der Waals surface area contributed by atoms with E-state index in [0.29, 0.717) is 11.1 Å². The van der Waals surface area contributed by atoms with Gasteiger partial charge in [-0.15, -0.1) is 0 Å². The fraction of sp³-hybridized carbons (Fsp3) is 0. The fourth-order valence-electron chi connectivity index (χ4n) is 1.30. The predicted molar refractivity (Wildman–Crippen MR) is 63.9 cm³/mol. The van der Waals surface area contributed by atoms with Crippen LogP contribution in [0.15, 0.2) is 59.6 Å². The zero-order valence-electron chi connectivity index (χ0n) is 8.55. The first-order valence-corrected chi connectivity index (χ1v) is 4.89. The van der Waals surface area contributed by atoms with Gasteiger partial charge in [-0.3, -0.25) is 4.79 Å². The Morgan fingerprint density at radius 1 is 0.812 bits per heavy atom. The quantitative estimate of drug-likeness (QED) is 0.711. The highest BCUT2D eigenvalue weighted by Crippen LogP contribution is 2.10. The van der Waals surface area contributed by atoms with Crippen LogP contribution in [0.2, 0.25) is 0 Å². The van der Waals surface area contributed by atoms with Crippen LogP contribution in [0.3, 0.4) is 0 Å². The largest absolute Gasteiger partial charge is 0.285 e. The van der Waals surface area contributed by atoms with Crippen LogP contribution in [0.25, 0.3) is 0 Å². The van der Waals surface area contributed by atoms with Crippen molar-refractivity contribution >= 4 is 18.2 Å². The van der Waals surface area contributed by atoms with E-state index in [1.54, 1.807) is 18.2 Å². The molecular weight excluding hydrogens is 198 g/mol. The summed E-state index contributed by atoms with van der Waals surface area (Å²) in [7, 11) is 0. The van der Waals surface area contributed by atoms with E-state index in [1.807, 2.05) is 42.7 Å². The molecule has 2 nitrogen and oxygen atoms in total. The molecule has 0 heterocycles. The first-order chi connectivity index (χ1) is 7.90. The Hall–Kier alpha value is -2.22. The summed E-state index contributed by atoms with van der Waals surface area (Å²) in [5.74, 6) is 0. The molecule has 2 heteroatoms. The van der Waals surface area contributed by atoms with Crippen molar-refractivity contribution in [2.24, 2.45) is 4.99 Å². The molecule has 0 atom stereocenters. The molecule has 0 spiro atoms. The van der Waals surface area contributed by atoms with Gasteiger partial charge in [-0.1, -0.05) is 42.5 Å². The molecule has 0 N–H and O–H groups in total. The molecule has 0 aliphatic carbocycles. The smallest absolute Gasteiger partial charge is 0.234 e. The third-order valence-corrected chi connectivity index (χ3v) is 2.10. The van der Waals surface area contributed by atoms with E-state index in [0.717, 1.165) is 5.69 Å². The second kappa shape index (κ2) is 5.03. The summed E-state index contributed by atoms with van der Waals surface area (Å²) in [6.45, 7) is 0. The maximum absolute atomic E-state index is 10.6. The van der Waals surface area contributed by atoms with Crippen LogP contribution in [0.4, 0.5) is 5.69 Å². The molecule has 2 radical (unpaired) electrons. The SMILES string of the molecule is O=[C]c1ccccc1/[C]=N/c1ccccc1. The Morgan fingerprint density at radius 2 is 1.44 bits per heavy atom. The molecule has 0 aliphatic heterocycles. The number of hydrogen-bond donors (Lipinski definition) is 0. The first kappa shape index (κ1) is 10.3. The highest BCUT2D eigenvalue weighted by atomic mass is 16.1. The lowest BCUT2D eigenvalue weighted by Crippen LogP contribution is -1.89. The van der Waals surface area contributed by atoms with Crippen molar-refractivity contribution in [2.75, 3.05) is 0 Å². The lowest BCUT2D eigenvalue weighted by molar-refractivity contribution is 0.562. The molecule has 0 bridgehead atoms.